The van der Waals surface area contributed by atoms with Crippen molar-refractivity contribution in [1.82, 2.24) is 19.7 Å². The van der Waals surface area contributed by atoms with Crippen LogP contribution in [0.5, 0.6) is 0 Å². The van der Waals surface area contributed by atoms with Gasteiger partial charge in [0.15, 0.2) is 5.65 Å². The Morgan fingerprint density at radius 3 is 2.59 bits per heavy atom. The summed E-state index contributed by atoms with van der Waals surface area (Å²) in [5, 5.41) is 5.24. The van der Waals surface area contributed by atoms with Gasteiger partial charge in [-0.05, 0) is 39.3 Å². The van der Waals surface area contributed by atoms with E-state index >= 15 is 0 Å². The molecule has 0 aliphatic rings. The van der Waals surface area contributed by atoms with Crippen LogP contribution in [-0.2, 0) is 0 Å². The van der Waals surface area contributed by atoms with E-state index in [2.05, 4.69) is 18.9 Å². The van der Waals surface area contributed by atoms with Gasteiger partial charge in [-0.1, -0.05) is 24.3 Å². The first-order chi connectivity index (χ1) is 12.8. The topological polar surface area (TPSA) is 77.0 Å². The molecule has 2 aromatic heterocycles. The molecule has 0 aliphatic heterocycles. The van der Waals surface area contributed by atoms with E-state index in [1.165, 1.54) is 0 Å². The predicted octanol–water partition coefficient (Wildman–Crippen LogP) is 3.41. The van der Waals surface area contributed by atoms with Crippen molar-refractivity contribution in [2.75, 3.05) is 13.6 Å². The summed E-state index contributed by atoms with van der Waals surface area (Å²) in [7, 11) is 1.78. The standard InChI is InChI=1S/C21H27N5O/c1-13(2)26-20-18(12-23-26)17(21(27)25(5)15(4)11-22)10-19(24-20)16-9-7-6-8-14(16)3/h6-10,12-13,15H,11,22H2,1-5H3. The Bertz CT molecular complexity index is 976. The molecule has 1 unspecified atom stereocenters. The number of benzene rings is 1. The highest BCUT2D eigenvalue weighted by molar-refractivity contribution is 6.06. The molecule has 2 heterocycles. The molecule has 3 aromatic rings. The molecular weight excluding hydrogens is 338 g/mol. The van der Waals surface area contributed by atoms with Crippen LogP contribution in [0.3, 0.4) is 0 Å². The normalized spacial score (nSPS) is 12.6. The first-order valence-corrected chi connectivity index (χ1v) is 9.26. The lowest BCUT2D eigenvalue weighted by Gasteiger charge is -2.24. The van der Waals surface area contributed by atoms with Crippen LogP contribution in [0, 0.1) is 6.92 Å². The fourth-order valence-corrected chi connectivity index (χ4v) is 3.12. The van der Waals surface area contributed by atoms with Crippen molar-refractivity contribution in [2.45, 2.75) is 39.8 Å². The van der Waals surface area contributed by atoms with Crippen molar-refractivity contribution in [3.05, 3.63) is 47.7 Å². The second-order valence-corrected chi connectivity index (χ2v) is 7.29. The molecule has 0 aliphatic carbocycles. The Hall–Kier alpha value is -2.73. The summed E-state index contributed by atoms with van der Waals surface area (Å²) < 4.78 is 1.86. The fourth-order valence-electron chi connectivity index (χ4n) is 3.12. The number of amides is 1. The average Bonchev–Trinajstić information content (AvgIpc) is 3.10. The molecule has 0 fully saturated rings. The lowest BCUT2D eigenvalue weighted by atomic mass is 10.0. The van der Waals surface area contributed by atoms with Crippen LogP contribution in [0.2, 0.25) is 0 Å². The third kappa shape index (κ3) is 3.45. The molecule has 1 aromatic carbocycles. The molecule has 2 N–H and O–H groups in total. The lowest BCUT2D eigenvalue weighted by molar-refractivity contribution is 0.0750. The van der Waals surface area contributed by atoms with Gasteiger partial charge in [0.25, 0.3) is 5.91 Å². The van der Waals surface area contributed by atoms with Gasteiger partial charge in [-0.25, -0.2) is 9.67 Å². The smallest absolute Gasteiger partial charge is 0.254 e. The average molecular weight is 365 g/mol. The van der Waals surface area contributed by atoms with Crippen LogP contribution >= 0.6 is 0 Å². The highest BCUT2D eigenvalue weighted by Crippen LogP contribution is 2.29. The maximum atomic E-state index is 13.2. The quantitative estimate of drug-likeness (QED) is 0.752. The van der Waals surface area contributed by atoms with Crippen LogP contribution in [0.25, 0.3) is 22.3 Å². The van der Waals surface area contributed by atoms with E-state index in [1.807, 2.05) is 48.9 Å². The predicted molar refractivity (Wildman–Crippen MR) is 109 cm³/mol. The van der Waals surface area contributed by atoms with Gasteiger partial charge in [-0.3, -0.25) is 4.79 Å². The second-order valence-electron chi connectivity index (χ2n) is 7.29. The minimum Gasteiger partial charge on any atom is -0.338 e. The number of pyridine rings is 1. The molecule has 3 rings (SSSR count). The van der Waals surface area contributed by atoms with Crippen molar-refractivity contribution in [3.8, 4) is 11.3 Å². The third-order valence-electron chi connectivity index (χ3n) is 5.03. The first-order valence-electron chi connectivity index (χ1n) is 9.26. The van der Waals surface area contributed by atoms with E-state index in [0.717, 1.165) is 27.9 Å². The number of carbonyl (C=O) groups excluding carboxylic acids is 1. The van der Waals surface area contributed by atoms with Gasteiger partial charge in [0.05, 0.1) is 22.8 Å². The van der Waals surface area contributed by atoms with E-state index in [-0.39, 0.29) is 18.0 Å². The number of nitrogens with zero attached hydrogens (tertiary/aromatic N) is 4. The number of carbonyl (C=O) groups is 1. The Kier molecular flexibility index (Phi) is 5.28. The summed E-state index contributed by atoms with van der Waals surface area (Å²) in [5.74, 6) is -0.0708. The van der Waals surface area contributed by atoms with Crippen molar-refractivity contribution < 1.29 is 4.79 Å². The van der Waals surface area contributed by atoms with E-state index < -0.39 is 0 Å². The Labute approximate surface area is 160 Å². The van der Waals surface area contributed by atoms with E-state index in [9.17, 15) is 4.79 Å². The monoisotopic (exact) mass is 365 g/mol. The van der Waals surface area contributed by atoms with Gasteiger partial charge < -0.3 is 10.6 Å². The molecule has 0 saturated carbocycles. The van der Waals surface area contributed by atoms with Crippen LogP contribution < -0.4 is 5.73 Å². The molecule has 0 spiro atoms. The van der Waals surface area contributed by atoms with Gasteiger partial charge in [0.1, 0.15) is 0 Å². The zero-order valence-electron chi connectivity index (χ0n) is 16.6. The molecule has 142 valence electrons. The van der Waals surface area contributed by atoms with Crippen molar-refractivity contribution in [3.63, 3.8) is 0 Å². The molecule has 0 saturated heterocycles. The summed E-state index contributed by atoms with van der Waals surface area (Å²) >= 11 is 0. The maximum Gasteiger partial charge on any atom is 0.254 e. The summed E-state index contributed by atoms with van der Waals surface area (Å²) in [6.45, 7) is 8.50. The van der Waals surface area contributed by atoms with Gasteiger partial charge in [0, 0.05) is 31.2 Å². The molecule has 6 nitrogen and oxygen atoms in total. The van der Waals surface area contributed by atoms with Crippen LogP contribution in [0.4, 0.5) is 0 Å². The number of likely N-dealkylation sites (N-methyl/N-ethyl adjacent to an activating group) is 1. The van der Waals surface area contributed by atoms with Crippen molar-refractivity contribution in [1.29, 1.82) is 0 Å². The number of aryl methyl sites for hydroxylation is 1. The van der Waals surface area contributed by atoms with Crippen LogP contribution in [0.15, 0.2) is 36.5 Å². The highest BCUT2D eigenvalue weighted by Gasteiger charge is 2.23. The summed E-state index contributed by atoms with van der Waals surface area (Å²) in [5.41, 5.74) is 10.00. The molecule has 0 bridgehead atoms. The molecular formula is C21H27N5O. The Balaban J connectivity index is 2.26. The zero-order valence-corrected chi connectivity index (χ0v) is 16.6. The molecule has 0 radical (unpaired) electrons. The number of aromatic nitrogens is 3. The summed E-state index contributed by atoms with van der Waals surface area (Å²) in [6.07, 6.45) is 1.73. The summed E-state index contributed by atoms with van der Waals surface area (Å²) in [4.78, 5) is 19.8. The number of hydrogen-bond acceptors (Lipinski definition) is 4. The number of hydrogen-bond donors (Lipinski definition) is 1. The molecule has 1 atom stereocenters. The van der Waals surface area contributed by atoms with Crippen molar-refractivity contribution in [2.24, 2.45) is 5.73 Å². The SMILES string of the molecule is Cc1ccccc1-c1cc(C(=O)N(C)C(C)CN)c2cnn(C(C)C)c2n1. The largest absolute Gasteiger partial charge is 0.338 e. The number of fused-ring (bicyclic) bond motifs is 1. The Morgan fingerprint density at radius 2 is 1.96 bits per heavy atom. The molecule has 27 heavy (non-hydrogen) atoms. The van der Waals surface area contributed by atoms with Crippen molar-refractivity contribution >= 4 is 16.9 Å². The third-order valence-corrected chi connectivity index (χ3v) is 5.03. The van der Waals surface area contributed by atoms with E-state index in [4.69, 9.17) is 10.7 Å². The van der Waals surface area contributed by atoms with Gasteiger partial charge in [0.2, 0.25) is 0 Å². The van der Waals surface area contributed by atoms with Crippen LogP contribution in [0.1, 0.15) is 42.7 Å². The lowest BCUT2D eigenvalue weighted by Crippen LogP contribution is -2.39. The summed E-state index contributed by atoms with van der Waals surface area (Å²) in [6, 6.07) is 10.0. The van der Waals surface area contributed by atoms with Gasteiger partial charge >= 0.3 is 0 Å². The first kappa shape index (κ1) is 19.0. The number of rotatable bonds is 5. The minimum atomic E-state index is -0.0708. The minimum absolute atomic E-state index is 0.0530. The van der Waals surface area contributed by atoms with Gasteiger partial charge in [-0.15, -0.1) is 0 Å². The van der Waals surface area contributed by atoms with E-state index in [1.54, 1.807) is 18.1 Å². The van der Waals surface area contributed by atoms with Crippen LogP contribution in [-0.4, -0.2) is 45.2 Å². The zero-order chi connectivity index (χ0) is 19.7. The van der Waals surface area contributed by atoms with Gasteiger partial charge in [-0.2, -0.15) is 5.10 Å². The fraction of sp³-hybridized carbons (Fsp3) is 0.381. The second kappa shape index (κ2) is 7.48. The molecule has 6 heteroatoms. The number of nitrogens with two attached hydrogens (primary N) is 1. The molecule has 1 amide bonds. The maximum absolute atomic E-state index is 13.2. The van der Waals surface area contributed by atoms with E-state index in [0.29, 0.717) is 12.1 Å². The highest BCUT2D eigenvalue weighted by atomic mass is 16.2. The Morgan fingerprint density at radius 1 is 1.26 bits per heavy atom.